The normalized spacial score (nSPS) is 11.3. The average molecular weight is 436 g/mol. The fraction of sp³-hybridized carbons (Fsp3) is 0.133. The van der Waals surface area contributed by atoms with E-state index in [0.717, 1.165) is 30.2 Å². The number of halogens is 3. The van der Waals surface area contributed by atoms with E-state index < -0.39 is 21.7 Å². The van der Waals surface area contributed by atoms with Gasteiger partial charge in [-0.15, -0.1) is 0 Å². The van der Waals surface area contributed by atoms with Gasteiger partial charge in [0.05, 0.1) is 17.3 Å². The van der Waals surface area contributed by atoms with Gasteiger partial charge in [-0.25, -0.2) is 17.2 Å². The van der Waals surface area contributed by atoms with E-state index in [9.17, 15) is 22.0 Å². The number of Topliss-reactive ketones (excluding diaryl/α,β-unsaturated/α-hetero) is 1. The van der Waals surface area contributed by atoms with Crippen molar-refractivity contribution in [3.8, 4) is 0 Å². The molecule has 0 atom stereocenters. The van der Waals surface area contributed by atoms with Crippen molar-refractivity contribution in [2.45, 2.75) is 9.79 Å². The smallest absolute Gasteiger partial charge is 0.229 e. The summed E-state index contributed by atoms with van der Waals surface area (Å²) in [5, 5.41) is 0.0877. The molecule has 0 saturated carbocycles. The van der Waals surface area contributed by atoms with E-state index in [4.69, 9.17) is 0 Å². The zero-order valence-electron chi connectivity index (χ0n) is 12.3. The number of sulfonamides is 1. The number of alkyl halides is 1. The first kappa shape index (κ1) is 18.9. The van der Waals surface area contributed by atoms with Crippen LogP contribution < -0.4 is 4.72 Å². The second-order valence-electron chi connectivity index (χ2n) is 4.82. The van der Waals surface area contributed by atoms with Crippen LogP contribution in [0.15, 0.2) is 46.2 Å². The summed E-state index contributed by atoms with van der Waals surface area (Å²) in [5.41, 5.74) is 0.458. The third kappa shape index (κ3) is 5.02. The molecule has 0 aliphatic heterocycles. The molecule has 0 aliphatic carbocycles. The molecular weight excluding hydrogens is 424 g/mol. The molecule has 0 aromatic heterocycles. The van der Waals surface area contributed by atoms with Gasteiger partial charge in [-0.05, 0) is 24.3 Å². The number of carbonyl (C=O) groups is 1. The van der Waals surface area contributed by atoms with Crippen molar-refractivity contribution in [1.29, 1.82) is 0 Å². The molecule has 0 unspecified atom stereocenters. The predicted molar refractivity (Wildman–Crippen MR) is 93.5 cm³/mol. The summed E-state index contributed by atoms with van der Waals surface area (Å²) in [6, 6.07) is 7.52. The van der Waals surface area contributed by atoms with Gasteiger partial charge in [0.1, 0.15) is 11.6 Å². The van der Waals surface area contributed by atoms with Crippen LogP contribution in [0, 0.1) is 11.6 Å². The van der Waals surface area contributed by atoms with Gasteiger partial charge >= 0.3 is 0 Å². The lowest BCUT2D eigenvalue weighted by Gasteiger charge is -2.12. The van der Waals surface area contributed by atoms with Crippen LogP contribution in [0.4, 0.5) is 14.5 Å². The summed E-state index contributed by atoms with van der Waals surface area (Å²) in [7, 11) is -3.60. The van der Waals surface area contributed by atoms with E-state index in [0.29, 0.717) is 10.5 Å². The largest absolute Gasteiger partial charge is 0.293 e. The molecule has 24 heavy (non-hydrogen) atoms. The van der Waals surface area contributed by atoms with Gasteiger partial charge < -0.3 is 0 Å². The van der Waals surface area contributed by atoms with Crippen LogP contribution in [0.2, 0.25) is 0 Å². The van der Waals surface area contributed by atoms with Gasteiger partial charge in [-0.3, -0.25) is 9.52 Å². The van der Waals surface area contributed by atoms with Crippen LogP contribution >= 0.6 is 27.7 Å². The maximum absolute atomic E-state index is 13.8. The second-order valence-corrected chi connectivity index (χ2v) is 8.21. The summed E-state index contributed by atoms with van der Waals surface area (Å²) in [5.74, 6) is -1.69. The Kier molecular flexibility index (Phi) is 6.00. The summed E-state index contributed by atoms with van der Waals surface area (Å²) in [6.07, 6.45) is 0.971. The Labute approximate surface area is 150 Å². The van der Waals surface area contributed by atoms with E-state index in [2.05, 4.69) is 20.7 Å². The average Bonchev–Trinajstić information content (AvgIpc) is 2.49. The molecule has 0 bridgehead atoms. The second kappa shape index (κ2) is 7.62. The van der Waals surface area contributed by atoms with Crippen LogP contribution in [-0.4, -0.2) is 25.8 Å². The zero-order chi connectivity index (χ0) is 17.9. The minimum atomic E-state index is -3.60. The molecular formula is C15H12BrF2NO3S2. The van der Waals surface area contributed by atoms with E-state index in [1.54, 1.807) is 0 Å². The molecule has 0 spiro atoms. The number of carbonyl (C=O) groups excluding carboxylic acids is 1. The molecule has 2 rings (SSSR count). The van der Waals surface area contributed by atoms with Gasteiger partial charge in [0.15, 0.2) is 5.78 Å². The van der Waals surface area contributed by atoms with Crippen LogP contribution in [0.25, 0.3) is 0 Å². The molecule has 0 aliphatic rings. The quantitative estimate of drug-likeness (QED) is 0.548. The first-order valence-electron chi connectivity index (χ1n) is 6.53. The van der Waals surface area contributed by atoms with Gasteiger partial charge in [-0.1, -0.05) is 33.8 Å². The van der Waals surface area contributed by atoms with Crippen molar-refractivity contribution in [2.24, 2.45) is 0 Å². The van der Waals surface area contributed by atoms with Crippen molar-refractivity contribution < 1.29 is 22.0 Å². The topological polar surface area (TPSA) is 63.2 Å². The van der Waals surface area contributed by atoms with Crippen LogP contribution in [0.5, 0.6) is 0 Å². The van der Waals surface area contributed by atoms with Crippen LogP contribution in [0.3, 0.4) is 0 Å². The number of anilines is 1. The molecule has 0 saturated heterocycles. The Morgan fingerprint density at radius 2 is 1.83 bits per heavy atom. The van der Waals surface area contributed by atoms with Crippen molar-refractivity contribution in [1.82, 2.24) is 0 Å². The third-order valence-electron chi connectivity index (χ3n) is 2.83. The highest BCUT2D eigenvalue weighted by Crippen LogP contribution is 2.36. The van der Waals surface area contributed by atoms with Crippen molar-refractivity contribution in [3.05, 3.63) is 53.6 Å². The summed E-state index contributed by atoms with van der Waals surface area (Å²) in [6.45, 7) is 0. The van der Waals surface area contributed by atoms with Crippen molar-refractivity contribution in [2.75, 3.05) is 16.3 Å². The highest BCUT2D eigenvalue weighted by Gasteiger charge is 2.15. The predicted octanol–water partition coefficient (Wildman–Crippen LogP) is 4.07. The highest BCUT2D eigenvalue weighted by molar-refractivity contribution is 9.09. The van der Waals surface area contributed by atoms with E-state index in [1.165, 1.54) is 24.3 Å². The SMILES string of the molecule is CS(=O)(=O)Nc1cc(C(=O)CBr)ccc1Sc1ccc(F)cc1F. The summed E-state index contributed by atoms with van der Waals surface area (Å²) >= 11 is 3.97. The molecule has 128 valence electrons. The lowest BCUT2D eigenvalue weighted by molar-refractivity contribution is 0.102. The Morgan fingerprint density at radius 3 is 2.42 bits per heavy atom. The maximum Gasteiger partial charge on any atom is 0.229 e. The third-order valence-corrected chi connectivity index (χ3v) is 5.06. The van der Waals surface area contributed by atoms with Gasteiger partial charge in [0, 0.05) is 21.4 Å². The Bertz CT molecular complexity index is 888. The Balaban J connectivity index is 2.45. The number of hydrogen-bond acceptors (Lipinski definition) is 4. The minimum absolute atomic E-state index is 0.0877. The number of nitrogens with one attached hydrogen (secondary N) is 1. The molecule has 9 heteroatoms. The van der Waals surface area contributed by atoms with Gasteiger partial charge in [0.2, 0.25) is 10.0 Å². The number of ketones is 1. The Hall–Kier alpha value is -1.45. The molecule has 0 radical (unpaired) electrons. The first-order chi connectivity index (χ1) is 11.2. The monoisotopic (exact) mass is 435 g/mol. The molecule has 0 fully saturated rings. The molecule has 0 amide bonds. The first-order valence-corrected chi connectivity index (χ1v) is 10.4. The van der Waals surface area contributed by atoms with E-state index in [-0.39, 0.29) is 21.7 Å². The van der Waals surface area contributed by atoms with Gasteiger partial charge in [0.25, 0.3) is 0 Å². The molecule has 1 N–H and O–H groups in total. The van der Waals surface area contributed by atoms with Crippen molar-refractivity contribution >= 4 is 49.2 Å². The van der Waals surface area contributed by atoms with Crippen LogP contribution in [0.1, 0.15) is 10.4 Å². The van der Waals surface area contributed by atoms with Crippen LogP contribution in [-0.2, 0) is 10.0 Å². The summed E-state index contributed by atoms with van der Waals surface area (Å²) in [4.78, 5) is 12.3. The number of benzene rings is 2. The molecule has 0 heterocycles. The molecule has 2 aromatic carbocycles. The van der Waals surface area contributed by atoms with Crippen molar-refractivity contribution in [3.63, 3.8) is 0 Å². The molecule has 4 nitrogen and oxygen atoms in total. The zero-order valence-corrected chi connectivity index (χ0v) is 15.6. The highest BCUT2D eigenvalue weighted by atomic mass is 79.9. The standard InChI is InChI=1S/C15H12BrF2NO3S2/c1-24(21,22)19-12-6-9(13(20)8-16)2-4-15(12)23-14-5-3-10(17)7-11(14)18/h2-7,19H,8H2,1H3. The van der Waals surface area contributed by atoms with E-state index in [1.807, 2.05) is 0 Å². The minimum Gasteiger partial charge on any atom is -0.293 e. The maximum atomic E-state index is 13.8. The lowest BCUT2D eigenvalue weighted by atomic mass is 10.1. The number of rotatable bonds is 6. The Morgan fingerprint density at radius 1 is 1.17 bits per heavy atom. The lowest BCUT2D eigenvalue weighted by Crippen LogP contribution is -2.11. The van der Waals surface area contributed by atoms with E-state index >= 15 is 0 Å². The number of hydrogen-bond donors (Lipinski definition) is 1. The van der Waals surface area contributed by atoms with Gasteiger partial charge in [-0.2, -0.15) is 0 Å². The summed E-state index contributed by atoms with van der Waals surface area (Å²) < 4.78 is 52.2. The fourth-order valence-corrected chi connectivity index (χ4v) is 3.67. The fourth-order valence-electron chi connectivity index (χ4n) is 1.83. The molecule has 2 aromatic rings.